The topological polar surface area (TPSA) is 105 Å². The van der Waals surface area contributed by atoms with Gasteiger partial charge in [-0.25, -0.2) is 9.59 Å². The zero-order valence-corrected chi connectivity index (χ0v) is 18.4. The number of carboxylic acid groups (broad SMARTS) is 1. The number of aliphatic carboxylic acids is 1. The molecule has 5 rings (SSSR count). The van der Waals surface area contributed by atoms with Gasteiger partial charge in [-0.3, -0.25) is 4.79 Å². The van der Waals surface area contributed by atoms with Crippen molar-refractivity contribution in [3.8, 4) is 11.1 Å². The number of rotatable bonds is 7. The standard InChI is InChI=1S/C26H28N2O5/c29-23(30)22(16-11-12-16)27-24(31)26(13-5-6-14-26)28-25(32)33-15-21-19-9-3-1-7-17(19)18-8-2-4-10-20(18)21/h1-4,7-10,16,21-22H,5-6,11-15H2,(H,27,31)(H,28,32)(H,29,30). The van der Waals surface area contributed by atoms with Crippen molar-refractivity contribution in [2.24, 2.45) is 5.92 Å². The number of ether oxygens (including phenoxy) is 1. The lowest BCUT2D eigenvalue weighted by atomic mass is 9.95. The van der Waals surface area contributed by atoms with Crippen LogP contribution in [0.4, 0.5) is 4.79 Å². The van der Waals surface area contributed by atoms with Crippen molar-refractivity contribution >= 4 is 18.0 Å². The van der Waals surface area contributed by atoms with Crippen molar-refractivity contribution in [1.82, 2.24) is 10.6 Å². The molecule has 0 radical (unpaired) electrons. The van der Waals surface area contributed by atoms with E-state index in [-0.39, 0.29) is 18.4 Å². The summed E-state index contributed by atoms with van der Waals surface area (Å²) in [5.41, 5.74) is 3.41. The van der Waals surface area contributed by atoms with E-state index >= 15 is 0 Å². The van der Waals surface area contributed by atoms with Gasteiger partial charge in [0, 0.05) is 5.92 Å². The van der Waals surface area contributed by atoms with Crippen molar-refractivity contribution < 1.29 is 24.2 Å². The molecule has 2 amide bonds. The highest BCUT2D eigenvalue weighted by molar-refractivity contribution is 5.93. The van der Waals surface area contributed by atoms with Gasteiger partial charge in [-0.1, -0.05) is 61.4 Å². The summed E-state index contributed by atoms with van der Waals surface area (Å²) in [5, 5.41) is 15.0. The van der Waals surface area contributed by atoms with Crippen molar-refractivity contribution in [2.45, 2.75) is 56.0 Å². The van der Waals surface area contributed by atoms with E-state index in [0.29, 0.717) is 12.8 Å². The molecule has 2 aromatic carbocycles. The summed E-state index contributed by atoms with van der Waals surface area (Å²) in [6.07, 6.45) is 3.47. The zero-order chi connectivity index (χ0) is 23.0. The number of amides is 2. The molecule has 3 aliphatic rings. The van der Waals surface area contributed by atoms with Crippen LogP contribution < -0.4 is 10.6 Å². The van der Waals surface area contributed by atoms with Gasteiger partial charge in [-0.15, -0.1) is 0 Å². The Morgan fingerprint density at radius 1 is 0.970 bits per heavy atom. The third-order valence-electron chi connectivity index (χ3n) is 7.22. The van der Waals surface area contributed by atoms with Gasteiger partial charge < -0.3 is 20.5 Å². The maximum atomic E-state index is 13.1. The molecule has 0 aromatic heterocycles. The second-order valence-electron chi connectivity index (χ2n) is 9.37. The van der Waals surface area contributed by atoms with Crippen LogP contribution in [0.3, 0.4) is 0 Å². The average molecular weight is 449 g/mol. The SMILES string of the molecule is O=C(NC1(C(=O)NC(C(=O)O)C2CC2)CCCC1)OCC1c2ccccc2-c2ccccc21. The summed E-state index contributed by atoms with van der Waals surface area (Å²) in [7, 11) is 0. The van der Waals surface area contributed by atoms with Crippen LogP contribution in [0.25, 0.3) is 11.1 Å². The van der Waals surface area contributed by atoms with Gasteiger partial charge in [0.1, 0.15) is 18.2 Å². The van der Waals surface area contributed by atoms with Crippen LogP contribution in [0, 0.1) is 5.92 Å². The number of alkyl carbamates (subject to hydrolysis) is 1. The molecule has 3 N–H and O–H groups in total. The number of hydrogen-bond donors (Lipinski definition) is 3. The molecule has 1 atom stereocenters. The third kappa shape index (κ3) is 4.08. The van der Waals surface area contributed by atoms with E-state index in [9.17, 15) is 19.5 Å². The van der Waals surface area contributed by atoms with Gasteiger partial charge in [0.15, 0.2) is 0 Å². The van der Waals surface area contributed by atoms with E-state index in [2.05, 4.69) is 34.9 Å². The molecule has 33 heavy (non-hydrogen) atoms. The van der Waals surface area contributed by atoms with Gasteiger partial charge in [0.2, 0.25) is 5.91 Å². The molecule has 2 saturated carbocycles. The van der Waals surface area contributed by atoms with Crippen LogP contribution in [0.15, 0.2) is 48.5 Å². The molecule has 2 fully saturated rings. The molecular weight excluding hydrogens is 420 g/mol. The molecule has 0 bridgehead atoms. The number of carbonyl (C=O) groups excluding carboxylic acids is 2. The van der Waals surface area contributed by atoms with Crippen molar-refractivity contribution in [3.05, 3.63) is 59.7 Å². The summed E-state index contributed by atoms with van der Waals surface area (Å²) >= 11 is 0. The van der Waals surface area contributed by atoms with E-state index < -0.39 is 29.6 Å². The highest BCUT2D eigenvalue weighted by atomic mass is 16.5. The fourth-order valence-corrected chi connectivity index (χ4v) is 5.31. The number of carbonyl (C=O) groups is 3. The summed E-state index contributed by atoms with van der Waals surface area (Å²) in [5.74, 6) is -1.55. The Morgan fingerprint density at radius 2 is 1.55 bits per heavy atom. The van der Waals surface area contributed by atoms with Gasteiger partial charge in [-0.2, -0.15) is 0 Å². The first-order chi connectivity index (χ1) is 16.0. The number of nitrogens with one attached hydrogen (secondary N) is 2. The summed E-state index contributed by atoms with van der Waals surface area (Å²) in [4.78, 5) is 37.5. The predicted molar refractivity (Wildman–Crippen MR) is 122 cm³/mol. The number of benzene rings is 2. The fourth-order valence-electron chi connectivity index (χ4n) is 5.31. The molecule has 7 nitrogen and oxygen atoms in total. The van der Waals surface area contributed by atoms with Crippen LogP contribution in [-0.2, 0) is 14.3 Å². The molecule has 1 unspecified atom stereocenters. The van der Waals surface area contributed by atoms with Gasteiger partial charge in [0.25, 0.3) is 0 Å². The second-order valence-corrected chi connectivity index (χ2v) is 9.37. The van der Waals surface area contributed by atoms with Crippen molar-refractivity contribution in [3.63, 3.8) is 0 Å². The lowest BCUT2D eigenvalue weighted by molar-refractivity contribution is -0.143. The molecule has 0 spiro atoms. The van der Waals surface area contributed by atoms with Crippen LogP contribution in [0.1, 0.15) is 55.6 Å². The normalized spacial score (nSPS) is 19.3. The highest BCUT2D eigenvalue weighted by Gasteiger charge is 2.46. The first-order valence-electron chi connectivity index (χ1n) is 11.7. The van der Waals surface area contributed by atoms with Crippen LogP contribution in [-0.4, -0.2) is 41.3 Å². The predicted octanol–water partition coefficient (Wildman–Crippen LogP) is 3.82. The Kier molecular flexibility index (Phi) is 5.56. The minimum absolute atomic E-state index is 0.0284. The zero-order valence-electron chi connectivity index (χ0n) is 18.4. The quantitative estimate of drug-likeness (QED) is 0.597. The van der Waals surface area contributed by atoms with E-state index in [1.54, 1.807) is 0 Å². The minimum Gasteiger partial charge on any atom is -0.480 e. The average Bonchev–Trinajstić information content (AvgIpc) is 3.45. The number of fused-ring (bicyclic) bond motifs is 3. The summed E-state index contributed by atoms with van der Waals surface area (Å²) in [6.45, 7) is 0.164. The van der Waals surface area contributed by atoms with Crippen molar-refractivity contribution in [2.75, 3.05) is 6.61 Å². The van der Waals surface area contributed by atoms with E-state index in [1.807, 2.05) is 24.3 Å². The number of carboxylic acids is 1. The molecule has 7 heteroatoms. The Morgan fingerprint density at radius 3 is 2.09 bits per heavy atom. The van der Waals surface area contributed by atoms with Crippen LogP contribution in [0.5, 0.6) is 0 Å². The summed E-state index contributed by atoms with van der Waals surface area (Å²) in [6, 6.07) is 15.3. The Balaban J connectivity index is 1.27. The minimum atomic E-state index is -1.12. The Hall–Kier alpha value is -3.35. The molecular formula is C26H28N2O5. The maximum absolute atomic E-state index is 13.1. The number of hydrogen-bond acceptors (Lipinski definition) is 4. The second kappa shape index (κ2) is 8.54. The first-order valence-corrected chi connectivity index (χ1v) is 11.7. The Bertz CT molecular complexity index is 1040. The van der Waals surface area contributed by atoms with E-state index in [1.165, 1.54) is 0 Å². The fraction of sp³-hybridized carbons (Fsp3) is 0.423. The molecule has 0 aliphatic heterocycles. The van der Waals surface area contributed by atoms with E-state index in [4.69, 9.17) is 4.74 Å². The molecule has 172 valence electrons. The van der Waals surface area contributed by atoms with Crippen molar-refractivity contribution in [1.29, 1.82) is 0 Å². The highest BCUT2D eigenvalue weighted by Crippen LogP contribution is 2.44. The lowest BCUT2D eigenvalue weighted by Crippen LogP contribution is -2.60. The first kappa shape index (κ1) is 21.5. The Labute approximate surface area is 192 Å². The van der Waals surface area contributed by atoms with E-state index in [0.717, 1.165) is 47.9 Å². The van der Waals surface area contributed by atoms with Gasteiger partial charge in [-0.05, 0) is 53.9 Å². The molecule has 3 aliphatic carbocycles. The maximum Gasteiger partial charge on any atom is 0.408 e. The third-order valence-corrected chi connectivity index (χ3v) is 7.22. The molecule has 0 saturated heterocycles. The van der Waals surface area contributed by atoms with Gasteiger partial charge in [0.05, 0.1) is 0 Å². The van der Waals surface area contributed by atoms with Gasteiger partial charge >= 0.3 is 12.1 Å². The monoisotopic (exact) mass is 448 g/mol. The lowest BCUT2D eigenvalue weighted by Gasteiger charge is -2.30. The summed E-state index contributed by atoms with van der Waals surface area (Å²) < 4.78 is 5.64. The largest absolute Gasteiger partial charge is 0.480 e. The molecule has 2 aromatic rings. The smallest absolute Gasteiger partial charge is 0.408 e. The van der Waals surface area contributed by atoms with Crippen LogP contribution >= 0.6 is 0 Å². The molecule has 0 heterocycles. The van der Waals surface area contributed by atoms with Crippen LogP contribution in [0.2, 0.25) is 0 Å².